The minimum atomic E-state index is -0.0185. The summed E-state index contributed by atoms with van der Waals surface area (Å²) >= 11 is 0. The van der Waals surface area contributed by atoms with E-state index in [-0.39, 0.29) is 4.59 Å². The number of para-hydroxylation sites is 1. The Kier molecular flexibility index (Phi) is 8.06. The Morgan fingerprint density at radius 2 is 1.07 bits per heavy atom. The Hall–Kier alpha value is -6.85. The van der Waals surface area contributed by atoms with Gasteiger partial charge < -0.3 is 4.42 Å². The van der Waals surface area contributed by atoms with Gasteiger partial charge in [0.15, 0.2) is 17.1 Å². The highest BCUT2D eigenvalue weighted by Gasteiger charge is 2.39. The second-order valence-corrected chi connectivity index (χ2v) is 14.3. The van der Waals surface area contributed by atoms with Gasteiger partial charge in [0, 0.05) is 60.3 Å². The number of fused-ring (bicyclic) bond motifs is 4. The van der Waals surface area contributed by atoms with Crippen LogP contribution in [0.15, 0.2) is 205 Å². The van der Waals surface area contributed by atoms with Crippen LogP contribution in [0, 0.1) is 0 Å². The topological polar surface area (TPSA) is 42.2 Å². The molecule has 1 aliphatic rings. The predicted octanol–water partition coefficient (Wildman–Crippen LogP) is 13.0. The summed E-state index contributed by atoms with van der Waals surface area (Å²) in [4.78, 5) is 0. The van der Waals surface area contributed by atoms with E-state index in [9.17, 15) is 0 Å². The third-order valence-corrected chi connectivity index (χ3v) is 11.1. The Balaban J connectivity index is 1.13. The molecule has 0 aliphatic carbocycles. The SMILES string of the molecule is N[N+](c1ccccc1)(c1ccc(-c2ccccc2)cc1)c1cccc2oc3ccc([N+]4=C(CCc5ccccc5)c5cc(-c6ccccc6)ccc54)cc3c12. The fraction of sp³-hybridized carbons (Fsp3) is 0.0392. The molecule has 0 radical (unpaired) electrons. The summed E-state index contributed by atoms with van der Waals surface area (Å²) in [5.74, 6) is 7.73. The predicted molar refractivity (Wildman–Crippen MR) is 230 cm³/mol. The van der Waals surface area contributed by atoms with E-state index in [1.54, 1.807) is 0 Å². The summed E-state index contributed by atoms with van der Waals surface area (Å²) in [6, 6.07) is 70.5. The summed E-state index contributed by atoms with van der Waals surface area (Å²) in [7, 11) is 0. The van der Waals surface area contributed by atoms with Gasteiger partial charge in [-0.2, -0.15) is 15.0 Å². The lowest BCUT2D eigenvalue weighted by atomic mass is 9.90. The molecule has 9 aromatic rings. The fourth-order valence-electron chi connectivity index (χ4n) is 8.27. The first-order chi connectivity index (χ1) is 27.1. The zero-order valence-corrected chi connectivity index (χ0v) is 30.3. The van der Waals surface area contributed by atoms with Gasteiger partial charge in [-0.05, 0) is 70.6 Å². The van der Waals surface area contributed by atoms with Gasteiger partial charge in [-0.3, -0.25) is 0 Å². The van der Waals surface area contributed by atoms with E-state index in [1.165, 1.54) is 39.2 Å². The maximum Gasteiger partial charge on any atom is 0.225 e. The van der Waals surface area contributed by atoms with Gasteiger partial charge in [0.1, 0.15) is 16.7 Å². The first-order valence-corrected chi connectivity index (χ1v) is 18.9. The van der Waals surface area contributed by atoms with E-state index in [2.05, 4.69) is 181 Å². The van der Waals surface area contributed by atoms with E-state index >= 15 is 0 Å². The largest absolute Gasteiger partial charge is 0.456 e. The van der Waals surface area contributed by atoms with Crippen molar-refractivity contribution in [1.29, 1.82) is 0 Å². The summed E-state index contributed by atoms with van der Waals surface area (Å²) in [6.07, 6.45) is 1.87. The second-order valence-electron chi connectivity index (χ2n) is 14.3. The van der Waals surface area contributed by atoms with Crippen molar-refractivity contribution >= 4 is 56.1 Å². The number of rotatable bonds is 9. The molecular weight excluding hydrogens is 671 g/mol. The third-order valence-electron chi connectivity index (χ3n) is 11.1. The van der Waals surface area contributed by atoms with Crippen LogP contribution in [0.4, 0.5) is 28.4 Å². The molecule has 2 N–H and O–H groups in total. The van der Waals surface area contributed by atoms with E-state index in [0.717, 1.165) is 63.1 Å². The number of nitrogens with two attached hydrogens (primary N) is 1. The smallest absolute Gasteiger partial charge is 0.225 e. The molecule has 1 atom stereocenters. The maximum absolute atomic E-state index is 7.73. The van der Waals surface area contributed by atoms with Crippen molar-refractivity contribution < 1.29 is 4.42 Å². The lowest BCUT2D eigenvalue weighted by Crippen LogP contribution is -2.46. The molecule has 0 saturated carbocycles. The van der Waals surface area contributed by atoms with Crippen LogP contribution in [0.25, 0.3) is 44.2 Å². The number of hydrogen-bond acceptors (Lipinski definition) is 2. The minimum Gasteiger partial charge on any atom is -0.456 e. The molecular formula is C51H39N3O+2. The van der Waals surface area contributed by atoms with Crippen LogP contribution < -0.4 is 15.0 Å². The van der Waals surface area contributed by atoms with E-state index in [4.69, 9.17) is 10.3 Å². The lowest BCUT2D eigenvalue weighted by molar-refractivity contribution is 0.552. The summed E-state index contributed by atoms with van der Waals surface area (Å²) in [5, 5.41) is 2.04. The molecule has 1 aromatic heterocycles. The summed E-state index contributed by atoms with van der Waals surface area (Å²) in [5.41, 5.74) is 15.5. The van der Waals surface area contributed by atoms with Crippen LogP contribution in [-0.4, -0.2) is 5.71 Å². The second kappa shape index (κ2) is 13.5. The van der Waals surface area contributed by atoms with Crippen LogP contribution in [0.3, 0.4) is 0 Å². The minimum absolute atomic E-state index is 0.0185. The standard InChI is InChI=1S/C51H39N3O/c52-54(42-20-11-4-12-21-42,43-29-25-39(26-30-43)37-16-7-2-8-17-37)48-22-13-23-50-51(48)45-35-41(28-33-49(45)55-50)53-46(31-24-36-14-5-1-6-15-36)44-34-40(27-32-47(44)53)38-18-9-3-10-19-38/h1-23,25-30,32-35H,24,31,52H2/q+2. The van der Waals surface area contributed by atoms with Crippen LogP contribution in [0.2, 0.25) is 0 Å². The quantitative estimate of drug-likeness (QED) is 0.0702. The normalized spacial score (nSPS) is 13.4. The number of nitrogens with zero attached hydrogens (tertiary/aromatic N) is 2. The highest BCUT2D eigenvalue weighted by atomic mass is 16.3. The number of furan rings is 1. The molecule has 55 heavy (non-hydrogen) atoms. The van der Waals surface area contributed by atoms with Crippen molar-refractivity contribution in [2.45, 2.75) is 12.8 Å². The molecule has 0 bridgehead atoms. The van der Waals surface area contributed by atoms with Crippen LogP contribution in [0.1, 0.15) is 17.5 Å². The molecule has 1 unspecified atom stereocenters. The molecule has 1 aliphatic heterocycles. The number of aryl methyl sites for hydroxylation is 1. The number of quaternary nitrogens is 1. The van der Waals surface area contributed by atoms with E-state index in [0.29, 0.717) is 0 Å². The van der Waals surface area contributed by atoms with Crippen molar-refractivity contribution in [2.75, 3.05) is 0 Å². The van der Waals surface area contributed by atoms with Crippen molar-refractivity contribution in [3.8, 4) is 22.3 Å². The van der Waals surface area contributed by atoms with Crippen molar-refractivity contribution in [2.24, 2.45) is 5.84 Å². The molecule has 0 saturated heterocycles. The highest BCUT2D eigenvalue weighted by Crippen LogP contribution is 2.48. The van der Waals surface area contributed by atoms with Gasteiger partial charge in [0.2, 0.25) is 17.1 Å². The van der Waals surface area contributed by atoms with Crippen LogP contribution >= 0.6 is 0 Å². The van der Waals surface area contributed by atoms with Gasteiger partial charge in [-0.1, -0.05) is 115 Å². The first kappa shape index (κ1) is 32.8. The molecule has 10 rings (SSSR count). The molecule has 8 aromatic carbocycles. The zero-order valence-electron chi connectivity index (χ0n) is 30.3. The van der Waals surface area contributed by atoms with Crippen molar-refractivity contribution in [3.63, 3.8) is 0 Å². The number of benzene rings is 8. The van der Waals surface area contributed by atoms with E-state index < -0.39 is 0 Å². The van der Waals surface area contributed by atoms with Gasteiger partial charge in [-0.25, -0.2) is 0 Å². The molecule has 0 spiro atoms. The Bertz CT molecular complexity index is 2850. The zero-order chi connectivity index (χ0) is 36.8. The monoisotopic (exact) mass is 709 g/mol. The maximum atomic E-state index is 7.73. The Labute approximate surface area is 320 Å². The molecule has 4 heteroatoms. The van der Waals surface area contributed by atoms with Gasteiger partial charge in [0.05, 0.1) is 5.39 Å². The summed E-state index contributed by atoms with van der Waals surface area (Å²) < 4.78 is 9.01. The van der Waals surface area contributed by atoms with Gasteiger partial charge >= 0.3 is 0 Å². The van der Waals surface area contributed by atoms with Crippen LogP contribution in [-0.2, 0) is 6.42 Å². The third kappa shape index (κ3) is 5.67. The van der Waals surface area contributed by atoms with Gasteiger partial charge in [-0.15, -0.1) is 0 Å². The Morgan fingerprint density at radius 1 is 0.473 bits per heavy atom. The molecule has 0 fully saturated rings. The number of hydrogen-bond donors (Lipinski definition) is 1. The molecule has 2 heterocycles. The van der Waals surface area contributed by atoms with Crippen molar-refractivity contribution in [1.82, 2.24) is 9.17 Å². The van der Waals surface area contributed by atoms with Crippen molar-refractivity contribution in [3.05, 3.63) is 211 Å². The van der Waals surface area contributed by atoms with Gasteiger partial charge in [0.25, 0.3) is 0 Å². The Morgan fingerprint density at radius 3 is 1.78 bits per heavy atom. The lowest BCUT2D eigenvalue weighted by Gasteiger charge is -2.32. The molecule has 0 amide bonds. The molecule has 262 valence electrons. The summed E-state index contributed by atoms with van der Waals surface area (Å²) in [6.45, 7) is 0. The average Bonchev–Trinajstić information content (AvgIpc) is 3.63. The fourth-order valence-corrected chi connectivity index (χ4v) is 8.27. The van der Waals surface area contributed by atoms with E-state index in [1.807, 2.05) is 24.3 Å². The first-order valence-electron chi connectivity index (χ1n) is 18.9. The highest BCUT2D eigenvalue weighted by molar-refractivity contribution is 6.17. The van der Waals surface area contributed by atoms with Crippen LogP contribution in [0.5, 0.6) is 0 Å². The average molecular weight is 710 g/mol. The molecule has 4 nitrogen and oxygen atoms in total.